The second-order valence-corrected chi connectivity index (χ2v) is 5.65. The lowest BCUT2D eigenvalue weighted by molar-refractivity contribution is -0.134. The lowest BCUT2D eigenvalue weighted by atomic mass is 9.95. The van der Waals surface area contributed by atoms with Gasteiger partial charge in [0.15, 0.2) is 0 Å². The summed E-state index contributed by atoms with van der Waals surface area (Å²) in [6.07, 6.45) is 4.52. The number of methoxy groups -OCH3 is 1. The van der Waals surface area contributed by atoms with Gasteiger partial charge in [-0.3, -0.25) is 9.48 Å². The van der Waals surface area contributed by atoms with Crippen molar-refractivity contribution in [3.05, 3.63) is 53.9 Å². The first-order chi connectivity index (χ1) is 11.2. The molecule has 0 saturated heterocycles. The van der Waals surface area contributed by atoms with Crippen LogP contribution in [0.1, 0.15) is 30.4 Å². The van der Waals surface area contributed by atoms with E-state index < -0.39 is 0 Å². The number of aromatic nitrogens is 2. The molecule has 0 spiro atoms. The van der Waals surface area contributed by atoms with Crippen LogP contribution in [-0.4, -0.2) is 40.8 Å². The number of hydrogen-bond donors (Lipinski definition) is 0. The van der Waals surface area contributed by atoms with Gasteiger partial charge in [0.1, 0.15) is 0 Å². The van der Waals surface area contributed by atoms with E-state index in [-0.39, 0.29) is 11.8 Å². The zero-order valence-corrected chi connectivity index (χ0v) is 14.1. The van der Waals surface area contributed by atoms with Crippen LogP contribution in [0.4, 0.5) is 0 Å². The zero-order valence-electron chi connectivity index (χ0n) is 14.1. The molecule has 0 bridgehead atoms. The van der Waals surface area contributed by atoms with E-state index in [1.165, 1.54) is 0 Å². The number of rotatable bonds is 8. The average Bonchev–Trinajstić information content (AvgIpc) is 2.98. The smallest absolute Gasteiger partial charge is 0.230 e. The van der Waals surface area contributed by atoms with Gasteiger partial charge in [-0.1, -0.05) is 37.3 Å². The molecule has 1 aromatic carbocycles. The van der Waals surface area contributed by atoms with E-state index in [9.17, 15) is 4.79 Å². The fourth-order valence-electron chi connectivity index (χ4n) is 2.70. The first-order valence-corrected chi connectivity index (χ1v) is 7.96. The molecule has 0 fully saturated rings. The molecule has 5 nitrogen and oxygen atoms in total. The maximum absolute atomic E-state index is 13.0. The zero-order chi connectivity index (χ0) is 16.7. The molecule has 0 unspecified atom stereocenters. The van der Waals surface area contributed by atoms with Crippen molar-refractivity contribution >= 4 is 5.91 Å². The van der Waals surface area contributed by atoms with E-state index in [2.05, 4.69) is 5.10 Å². The van der Waals surface area contributed by atoms with Crippen molar-refractivity contribution in [2.24, 2.45) is 7.05 Å². The summed E-state index contributed by atoms with van der Waals surface area (Å²) in [6, 6.07) is 9.96. The second kappa shape index (κ2) is 8.48. The highest BCUT2D eigenvalue weighted by Crippen LogP contribution is 2.23. The molecule has 0 N–H and O–H groups in total. The van der Waals surface area contributed by atoms with Crippen LogP contribution >= 0.6 is 0 Å². The molecule has 1 atom stereocenters. The fourth-order valence-corrected chi connectivity index (χ4v) is 2.70. The maximum Gasteiger partial charge on any atom is 0.230 e. The molecule has 1 aromatic heterocycles. The van der Waals surface area contributed by atoms with Crippen LogP contribution in [0.5, 0.6) is 0 Å². The summed E-state index contributed by atoms with van der Waals surface area (Å²) < 4.78 is 6.92. The molecule has 2 rings (SSSR count). The van der Waals surface area contributed by atoms with Gasteiger partial charge in [-0.2, -0.15) is 5.10 Å². The molecule has 124 valence electrons. The average molecular weight is 315 g/mol. The van der Waals surface area contributed by atoms with Crippen molar-refractivity contribution in [3.63, 3.8) is 0 Å². The Bertz CT molecular complexity index is 610. The van der Waals surface area contributed by atoms with E-state index in [0.29, 0.717) is 19.7 Å². The highest BCUT2D eigenvalue weighted by Gasteiger charge is 2.24. The highest BCUT2D eigenvalue weighted by molar-refractivity contribution is 5.83. The van der Waals surface area contributed by atoms with Crippen molar-refractivity contribution in [3.8, 4) is 0 Å². The first-order valence-electron chi connectivity index (χ1n) is 7.96. The number of hydrogen-bond acceptors (Lipinski definition) is 3. The Kier molecular flexibility index (Phi) is 6.35. The summed E-state index contributed by atoms with van der Waals surface area (Å²) in [7, 11) is 3.53. The predicted molar refractivity (Wildman–Crippen MR) is 90.0 cm³/mol. The highest BCUT2D eigenvalue weighted by atomic mass is 16.5. The van der Waals surface area contributed by atoms with Gasteiger partial charge < -0.3 is 9.64 Å². The molecular weight excluding hydrogens is 290 g/mol. The molecule has 5 heteroatoms. The van der Waals surface area contributed by atoms with Crippen molar-refractivity contribution in [1.82, 2.24) is 14.7 Å². The molecule has 2 aromatic rings. The van der Waals surface area contributed by atoms with Crippen LogP contribution in [0.25, 0.3) is 0 Å². The normalized spacial score (nSPS) is 12.1. The summed E-state index contributed by atoms with van der Waals surface area (Å²) in [4.78, 5) is 14.9. The third-order valence-corrected chi connectivity index (χ3v) is 3.92. The Balaban J connectivity index is 2.17. The monoisotopic (exact) mass is 315 g/mol. The minimum atomic E-state index is -0.121. The molecule has 1 heterocycles. The molecule has 0 aliphatic rings. The van der Waals surface area contributed by atoms with E-state index in [0.717, 1.165) is 17.5 Å². The summed E-state index contributed by atoms with van der Waals surface area (Å²) in [5.41, 5.74) is 2.09. The second-order valence-electron chi connectivity index (χ2n) is 5.65. The number of ether oxygens (including phenoxy) is 1. The van der Waals surface area contributed by atoms with Crippen molar-refractivity contribution in [2.75, 3.05) is 20.3 Å². The van der Waals surface area contributed by atoms with Gasteiger partial charge in [0, 0.05) is 39.0 Å². The predicted octanol–water partition coefficient (Wildman–Crippen LogP) is 2.59. The van der Waals surface area contributed by atoms with Crippen LogP contribution in [-0.2, 0) is 23.1 Å². The summed E-state index contributed by atoms with van der Waals surface area (Å²) in [5, 5.41) is 4.18. The van der Waals surface area contributed by atoms with Gasteiger partial charge in [0.2, 0.25) is 5.91 Å². The van der Waals surface area contributed by atoms with E-state index in [1.807, 2.05) is 55.4 Å². The maximum atomic E-state index is 13.0. The standard InChI is InChI=1S/C18H25N3O2/c1-4-17(16-8-6-5-7-9-16)18(22)21(10-11-23-3)14-15-12-19-20(2)13-15/h5-9,12-13,17H,4,10-11,14H2,1-3H3/t17-/m0/s1. The molecule has 23 heavy (non-hydrogen) atoms. The Morgan fingerprint density at radius 2 is 2.09 bits per heavy atom. The van der Waals surface area contributed by atoms with Gasteiger partial charge in [0.05, 0.1) is 18.7 Å². The summed E-state index contributed by atoms with van der Waals surface area (Å²) in [6.45, 7) is 3.71. The van der Waals surface area contributed by atoms with Crippen molar-refractivity contribution in [1.29, 1.82) is 0 Å². The van der Waals surface area contributed by atoms with Crippen LogP contribution in [0.15, 0.2) is 42.7 Å². The lowest BCUT2D eigenvalue weighted by Gasteiger charge is -2.26. The Hall–Kier alpha value is -2.14. The number of carbonyl (C=O) groups is 1. The molecule has 0 aliphatic heterocycles. The van der Waals surface area contributed by atoms with Gasteiger partial charge in [-0.25, -0.2) is 0 Å². The number of aryl methyl sites for hydroxylation is 1. The molecule has 1 amide bonds. The van der Waals surface area contributed by atoms with Gasteiger partial charge in [-0.05, 0) is 12.0 Å². The minimum Gasteiger partial charge on any atom is -0.383 e. The third-order valence-electron chi connectivity index (χ3n) is 3.92. The molecular formula is C18H25N3O2. The Labute approximate surface area is 137 Å². The Morgan fingerprint density at radius 1 is 1.35 bits per heavy atom. The van der Waals surface area contributed by atoms with Crippen LogP contribution in [0, 0.1) is 0 Å². The van der Waals surface area contributed by atoms with Crippen LogP contribution < -0.4 is 0 Å². The summed E-state index contributed by atoms with van der Waals surface area (Å²) in [5.74, 6) is 0.0179. The van der Waals surface area contributed by atoms with E-state index in [1.54, 1.807) is 18.0 Å². The van der Waals surface area contributed by atoms with Crippen molar-refractivity contribution in [2.45, 2.75) is 25.8 Å². The van der Waals surface area contributed by atoms with Crippen LogP contribution in [0.2, 0.25) is 0 Å². The molecule has 0 aliphatic carbocycles. The van der Waals surface area contributed by atoms with Crippen molar-refractivity contribution < 1.29 is 9.53 Å². The molecule has 0 saturated carbocycles. The fraction of sp³-hybridized carbons (Fsp3) is 0.444. The number of benzene rings is 1. The number of amides is 1. The van der Waals surface area contributed by atoms with Crippen LogP contribution in [0.3, 0.4) is 0 Å². The van der Waals surface area contributed by atoms with Gasteiger partial charge in [-0.15, -0.1) is 0 Å². The summed E-state index contributed by atoms with van der Waals surface area (Å²) >= 11 is 0. The Morgan fingerprint density at radius 3 is 2.65 bits per heavy atom. The van der Waals surface area contributed by atoms with Gasteiger partial charge in [0.25, 0.3) is 0 Å². The lowest BCUT2D eigenvalue weighted by Crippen LogP contribution is -2.36. The topological polar surface area (TPSA) is 47.4 Å². The number of carbonyl (C=O) groups excluding carboxylic acids is 1. The third kappa shape index (κ3) is 4.66. The minimum absolute atomic E-state index is 0.121. The van der Waals surface area contributed by atoms with E-state index in [4.69, 9.17) is 4.74 Å². The molecule has 0 radical (unpaired) electrons. The van der Waals surface area contributed by atoms with Gasteiger partial charge >= 0.3 is 0 Å². The first kappa shape index (κ1) is 17.2. The number of nitrogens with zero attached hydrogens (tertiary/aromatic N) is 3. The van der Waals surface area contributed by atoms with E-state index >= 15 is 0 Å². The SMILES string of the molecule is CC[C@H](C(=O)N(CCOC)Cc1cnn(C)c1)c1ccccc1. The quantitative estimate of drug-likeness (QED) is 0.752. The largest absolute Gasteiger partial charge is 0.383 e.